The van der Waals surface area contributed by atoms with Crippen LogP contribution in [0.2, 0.25) is 0 Å². The van der Waals surface area contributed by atoms with Crippen molar-refractivity contribution in [3.05, 3.63) is 95.3 Å². The van der Waals surface area contributed by atoms with Crippen molar-refractivity contribution in [3.63, 3.8) is 0 Å². The van der Waals surface area contributed by atoms with Crippen molar-refractivity contribution in [1.29, 1.82) is 0 Å². The maximum absolute atomic E-state index is 11.5. The fourth-order valence-corrected chi connectivity index (χ4v) is 4.21. The number of carbonyl (C=O) groups excluding carboxylic acids is 1. The Hall–Kier alpha value is -3.79. The molecule has 1 aliphatic heterocycles. The number of hydrogen-bond acceptors (Lipinski definition) is 4. The molecule has 4 nitrogen and oxygen atoms in total. The molecule has 0 unspecified atom stereocenters. The summed E-state index contributed by atoms with van der Waals surface area (Å²) in [6.07, 6.45) is 5.79. The maximum Gasteiger partial charge on any atom is 0.149 e. The second kappa shape index (κ2) is 8.15. The van der Waals surface area contributed by atoms with Gasteiger partial charge in [0.15, 0.2) is 0 Å². The number of benzene rings is 3. The van der Waals surface area contributed by atoms with Crippen molar-refractivity contribution in [2.45, 2.75) is 19.3 Å². The van der Waals surface area contributed by atoms with Gasteiger partial charge in [0.1, 0.15) is 23.5 Å². The highest BCUT2D eigenvalue weighted by Gasteiger charge is 2.25. The van der Waals surface area contributed by atoms with Crippen LogP contribution in [0.3, 0.4) is 0 Å². The molecule has 0 N–H and O–H groups in total. The molecule has 0 radical (unpaired) electrons. The molecule has 0 saturated heterocycles. The minimum absolute atomic E-state index is 0.738. The molecule has 3 aromatic carbocycles. The number of rotatable bonds is 5. The highest BCUT2D eigenvalue weighted by Crippen LogP contribution is 2.43. The van der Waals surface area contributed by atoms with E-state index in [-0.39, 0.29) is 0 Å². The van der Waals surface area contributed by atoms with Crippen LogP contribution in [0.5, 0.6) is 11.5 Å². The lowest BCUT2D eigenvalue weighted by Crippen LogP contribution is -2.15. The van der Waals surface area contributed by atoms with Crippen LogP contribution in [0, 0.1) is 0 Å². The number of carbonyl (C=O) groups is 1. The van der Waals surface area contributed by atoms with E-state index in [1.807, 2.05) is 48.5 Å². The van der Waals surface area contributed by atoms with Crippen molar-refractivity contribution < 1.29 is 14.3 Å². The molecule has 0 spiro atoms. The van der Waals surface area contributed by atoms with E-state index >= 15 is 0 Å². The largest absolute Gasteiger partial charge is 0.497 e. The molecule has 0 fully saturated rings. The number of hydrogen-bond donors (Lipinski definition) is 0. The number of aldehydes is 1. The number of nitrogens with zero attached hydrogens (tertiary/aromatic N) is 1. The van der Waals surface area contributed by atoms with E-state index < -0.39 is 0 Å². The molecule has 0 amide bonds. The second-order valence-electron chi connectivity index (χ2n) is 7.69. The lowest BCUT2D eigenvalue weighted by atomic mass is 9.90. The Bertz CT molecular complexity index is 1180. The highest BCUT2D eigenvalue weighted by molar-refractivity contribution is 5.82. The van der Waals surface area contributed by atoms with E-state index in [0.29, 0.717) is 0 Å². The van der Waals surface area contributed by atoms with Gasteiger partial charge in [-0.2, -0.15) is 0 Å². The Balaban J connectivity index is 1.60. The summed E-state index contributed by atoms with van der Waals surface area (Å²) < 4.78 is 11.6. The highest BCUT2D eigenvalue weighted by atomic mass is 16.5. The van der Waals surface area contributed by atoms with Crippen molar-refractivity contribution in [2.75, 3.05) is 12.0 Å². The average Bonchev–Trinajstić information content (AvgIpc) is 2.83. The summed E-state index contributed by atoms with van der Waals surface area (Å²) in [5, 5.41) is 0. The Morgan fingerprint density at radius 1 is 0.903 bits per heavy atom. The summed E-state index contributed by atoms with van der Waals surface area (Å²) in [5.74, 6) is 2.32. The Labute approximate surface area is 182 Å². The van der Waals surface area contributed by atoms with Crippen LogP contribution in [0.4, 0.5) is 17.1 Å². The van der Waals surface area contributed by atoms with Gasteiger partial charge in [-0.3, -0.25) is 4.79 Å². The predicted octanol–water partition coefficient (Wildman–Crippen LogP) is 6.58. The summed E-state index contributed by atoms with van der Waals surface area (Å²) in [5.41, 5.74) is 5.95. The second-order valence-corrected chi connectivity index (χ2v) is 7.69. The van der Waals surface area contributed by atoms with E-state index in [4.69, 9.17) is 9.47 Å². The third kappa shape index (κ3) is 3.61. The third-order valence-corrected chi connectivity index (χ3v) is 5.76. The zero-order chi connectivity index (χ0) is 21.2. The van der Waals surface area contributed by atoms with Crippen LogP contribution in [-0.4, -0.2) is 13.4 Å². The van der Waals surface area contributed by atoms with Crippen LogP contribution in [0.1, 0.15) is 24.8 Å². The fourth-order valence-electron chi connectivity index (χ4n) is 4.21. The van der Waals surface area contributed by atoms with Crippen LogP contribution in [0.15, 0.2) is 89.7 Å². The molecular weight excluding hydrogens is 386 g/mol. The summed E-state index contributed by atoms with van der Waals surface area (Å²) in [6.45, 7) is 0. The summed E-state index contributed by atoms with van der Waals surface area (Å²) in [4.78, 5) is 13.7. The van der Waals surface area contributed by atoms with Gasteiger partial charge in [0.05, 0.1) is 7.11 Å². The van der Waals surface area contributed by atoms with Gasteiger partial charge in [0.2, 0.25) is 0 Å². The maximum atomic E-state index is 11.5. The molecule has 0 aromatic heterocycles. The van der Waals surface area contributed by atoms with Gasteiger partial charge in [0, 0.05) is 34.3 Å². The van der Waals surface area contributed by atoms with E-state index in [1.165, 1.54) is 0 Å². The lowest BCUT2D eigenvalue weighted by Gasteiger charge is -2.29. The van der Waals surface area contributed by atoms with Gasteiger partial charge in [0.25, 0.3) is 0 Å². The first-order chi connectivity index (χ1) is 15.3. The number of para-hydroxylation sites is 1. The van der Waals surface area contributed by atoms with Crippen LogP contribution < -0.4 is 14.4 Å². The van der Waals surface area contributed by atoms with E-state index in [9.17, 15) is 4.79 Å². The number of ether oxygens (including phenoxy) is 2. The van der Waals surface area contributed by atoms with Gasteiger partial charge >= 0.3 is 0 Å². The predicted molar refractivity (Wildman–Crippen MR) is 123 cm³/mol. The molecule has 1 heterocycles. The van der Waals surface area contributed by atoms with Gasteiger partial charge in [-0.25, -0.2) is 0 Å². The SMILES string of the molecule is COc1ccc(N(c2ccccc2)c2ccc3c(c2)OC2=C(C=O)CCCC2=C3)cc1. The van der Waals surface area contributed by atoms with Gasteiger partial charge in [-0.05, 0) is 79.4 Å². The van der Waals surface area contributed by atoms with Crippen molar-refractivity contribution >= 4 is 29.4 Å². The standard InChI is InChI=1S/C27H23NO3/c1-30-25-14-12-23(13-15-25)28(22-8-3-2-4-9-22)24-11-10-19-16-20-6-5-7-21(18-29)27(20)31-26(19)17-24/h2-4,8-18H,5-7H2,1H3. The normalized spacial score (nSPS) is 14.7. The van der Waals surface area contributed by atoms with E-state index in [0.717, 1.165) is 76.6 Å². The summed E-state index contributed by atoms with van der Waals surface area (Å²) in [6, 6.07) is 24.5. The minimum atomic E-state index is 0.738. The number of methoxy groups -OCH3 is 1. The fraction of sp³-hybridized carbons (Fsp3) is 0.148. The molecule has 0 atom stereocenters. The van der Waals surface area contributed by atoms with Crippen LogP contribution >= 0.6 is 0 Å². The van der Waals surface area contributed by atoms with Crippen LogP contribution in [0.25, 0.3) is 6.08 Å². The smallest absolute Gasteiger partial charge is 0.149 e. The Morgan fingerprint density at radius 3 is 2.39 bits per heavy atom. The number of fused-ring (bicyclic) bond motifs is 2. The minimum Gasteiger partial charge on any atom is -0.497 e. The van der Waals surface area contributed by atoms with Gasteiger partial charge in [-0.1, -0.05) is 18.2 Å². The summed E-state index contributed by atoms with van der Waals surface area (Å²) in [7, 11) is 1.67. The molecule has 5 rings (SSSR count). The zero-order valence-corrected chi connectivity index (χ0v) is 17.4. The topological polar surface area (TPSA) is 38.8 Å². The average molecular weight is 409 g/mol. The molecule has 3 aromatic rings. The number of anilines is 3. The van der Waals surface area contributed by atoms with E-state index in [2.05, 4.69) is 35.2 Å². The third-order valence-electron chi connectivity index (χ3n) is 5.76. The van der Waals surface area contributed by atoms with Crippen molar-refractivity contribution in [2.24, 2.45) is 0 Å². The lowest BCUT2D eigenvalue weighted by molar-refractivity contribution is -0.105. The van der Waals surface area contributed by atoms with Crippen molar-refractivity contribution in [1.82, 2.24) is 0 Å². The Kier molecular flexibility index (Phi) is 5.04. The molecular formula is C27H23NO3. The van der Waals surface area contributed by atoms with E-state index in [1.54, 1.807) is 7.11 Å². The quantitative estimate of drug-likeness (QED) is 0.446. The van der Waals surface area contributed by atoms with Crippen LogP contribution in [-0.2, 0) is 4.79 Å². The Morgan fingerprint density at radius 2 is 1.65 bits per heavy atom. The first-order valence-corrected chi connectivity index (χ1v) is 10.5. The van der Waals surface area contributed by atoms with Crippen molar-refractivity contribution in [3.8, 4) is 11.5 Å². The molecule has 154 valence electrons. The summed E-state index contributed by atoms with van der Waals surface area (Å²) >= 11 is 0. The molecule has 4 heteroatoms. The molecule has 31 heavy (non-hydrogen) atoms. The molecule has 1 aliphatic carbocycles. The first-order valence-electron chi connectivity index (χ1n) is 10.5. The first kappa shape index (κ1) is 19.2. The zero-order valence-electron chi connectivity index (χ0n) is 17.4. The van der Waals surface area contributed by atoms with Gasteiger partial charge in [-0.15, -0.1) is 0 Å². The molecule has 2 aliphatic rings. The molecule has 0 saturated carbocycles. The number of allylic oxidation sites excluding steroid dienone is 2. The monoisotopic (exact) mass is 409 g/mol. The molecule has 0 bridgehead atoms. The van der Waals surface area contributed by atoms with Gasteiger partial charge < -0.3 is 14.4 Å².